The highest BCUT2D eigenvalue weighted by Gasteiger charge is 2.37. The van der Waals surface area contributed by atoms with Crippen LogP contribution in [0.15, 0.2) is 18.2 Å². The van der Waals surface area contributed by atoms with Crippen molar-refractivity contribution in [2.45, 2.75) is 63.6 Å². The molecular formula is C22H26ClN5O. The second kappa shape index (κ2) is 6.81. The molecule has 29 heavy (non-hydrogen) atoms. The molecule has 2 aliphatic heterocycles. The summed E-state index contributed by atoms with van der Waals surface area (Å²) >= 11 is 6.34. The Hall–Kier alpha value is -1.92. The van der Waals surface area contributed by atoms with Crippen molar-refractivity contribution in [1.29, 1.82) is 0 Å². The predicted octanol–water partition coefficient (Wildman–Crippen LogP) is 3.51. The Morgan fingerprint density at radius 2 is 1.79 bits per heavy atom. The van der Waals surface area contributed by atoms with E-state index in [1.165, 1.54) is 24.1 Å². The van der Waals surface area contributed by atoms with Gasteiger partial charge in [0, 0.05) is 42.5 Å². The first-order chi connectivity index (χ1) is 14.2. The fraction of sp³-hybridized carbons (Fsp3) is 0.591. The van der Waals surface area contributed by atoms with Crippen LogP contribution in [0.25, 0.3) is 5.69 Å². The van der Waals surface area contributed by atoms with Crippen molar-refractivity contribution in [2.24, 2.45) is 5.92 Å². The maximum atomic E-state index is 12.4. The maximum Gasteiger partial charge on any atom is 0.225 e. The normalized spacial score (nSPS) is 22.9. The Morgan fingerprint density at radius 1 is 1.00 bits per heavy atom. The van der Waals surface area contributed by atoms with E-state index in [2.05, 4.69) is 36.7 Å². The van der Waals surface area contributed by atoms with E-state index in [0.29, 0.717) is 23.8 Å². The van der Waals surface area contributed by atoms with E-state index in [1.54, 1.807) is 0 Å². The van der Waals surface area contributed by atoms with Gasteiger partial charge in [0.15, 0.2) is 5.82 Å². The van der Waals surface area contributed by atoms with Gasteiger partial charge < -0.3 is 4.90 Å². The molecule has 152 valence electrons. The number of hydrogen-bond donors (Lipinski definition) is 0. The van der Waals surface area contributed by atoms with Gasteiger partial charge in [0.25, 0.3) is 0 Å². The number of hydrogen-bond acceptors (Lipinski definition) is 4. The molecule has 1 aromatic carbocycles. The summed E-state index contributed by atoms with van der Waals surface area (Å²) < 4.78 is 2.29. The van der Waals surface area contributed by atoms with Crippen molar-refractivity contribution < 1.29 is 4.79 Å². The zero-order chi connectivity index (χ0) is 19.5. The van der Waals surface area contributed by atoms with Gasteiger partial charge in [-0.2, -0.15) is 0 Å². The van der Waals surface area contributed by atoms with Crippen molar-refractivity contribution in [2.75, 3.05) is 13.1 Å². The summed E-state index contributed by atoms with van der Waals surface area (Å²) in [5.74, 6) is 3.10. The molecule has 0 spiro atoms. The van der Waals surface area contributed by atoms with Gasteiger partial charge in [-0.15, -0.1) is 10.2 Å². The van der Waals surface area contributed by atoms with Gasteiger partial charge in [-0.25, -0.2) is 0 Å². The fourth-order valence-electron chi connectivity index (χ4n) is 4.96. The molecule has 6 nitrogen and oxygen atoms in total. The minimum absolute atomic E-state index is 0.306. The number of halogens is 1. The van der Waals surface area contributed by atoms with Gasteiger partial charge in [-0.1, -0.05) is 11.6 Å². The van der Waals surface area contributed by atoms with Crippen LogP contribution in [0.1, 0.15) is 61.7 Å². The molecule has 1 aromatic heterocycles. The van der Waals surface area contributed by atoms with E-state index in [0.717, 1.165) is 68.5 Å². The van der Waals surface area contributed by atoms with Gasteiger partial charge >= 0.3 is 0 Å². The summed E-state index contributed by atoms with van der Waals surface area (Å²) in [6, 6.07) is 6.85. The molecule has 2 saturated carbocycles. The van der Waals surface area contributed by atoms with E-state index in [9.17, 15) is 4.79 Å². The van der Waals surface area contributed by atoms with Crippen molar-refractivity contribution in [3.63, 3.8) is 0 Å². The lowest BCUT2D eigenvalue weighted by molar-refractivity contribution is -0.133. The molecule has 7 heteroatoms. The maximum absolute atomic E-state index is 12.4. The molecule has 2 aliphatic carbocycles. The molecule has 0 unspecified atom stereocenters. The Balaban J connectivity index is 1.32. The Bertz CT molecular complexity index is 956. The smallest absolute Gasteiger partial charge is 0.225 e. The summed E-state index contributed by atoms with van der Waals surface area (Å²) in [7, 11) is 0. The molecule has 0 bridgehead atoms. The first kappa shape index (κ1) is 17.9. The van der Waals surface area contributed by atoms with Crippen LogP contribution in [0.4, 0.5) is 0 Å². The second-order valence-corrected chi connectivity index (χ2v) is 9.53. The van der Waals surface area contributed by atoms with Crippen LogP contribution in [0.5, 0.6) is 0 Å². The van der Waals surface area contributed by atoms with Gasteiger partial charge in [0.2, 0.25) is 5.91 Å². The minimum Gasteiger partial charge on any atom is -0.342 e. The number of likely N-dealkylation sites (tertiary alicyclic amines) is 1. The Labute approximate surface area is 175 Å². The lowest BCUT2D eigenvalue weighted by Gasteiger charge is -2.32. The molecule has 0 N–H and O–H groups in total. The van der Waals surface area contributed by atoms with Crippen LogP contribution in [0.3, 0.4) is 0 Å². The van der Waals surface area contributed by atoms with Gasteiger partial charge in [-0.3, -0.25) is 14.3 Å². The molecule has 6 rings (SSSR count). The van der Waals surface area contributed by atoms with Crippen LogP contribution in [-0.2, 0) is 17.9 Å². The average molecular weight is 412 g/mol. The molecule has 3 heterocycles. The highest BCUT2D eigenvalue weighted by atomic mass is 35.5. The van der Waals surface area contributed by atoms with E-state index in [-0.39, 0.29) is 0 Å². The average Bonchev–Trinajstić information content (AvgIpc) is 3.63. The van der Waals surface area contributed by atoms with E-state index >= 15 is 0 Å². The van der Waals surface area contributed by atoms with Crippen LogP contribution in [0.2, 0.25) is 5.02 Å². The zero-order valence-corrected chi connectivity index (χ0v) is 17.3. The third kappa shape index (κ3) is 3.26. The second-order valence-electron chi connectivity index (χ2n) is 9.09. The number of fused-ring (bicyclic) bond motifs is 3. The molecule has 2 aromatic rings. The molecular weight excluding hydrogens is 386 g/mol. The molecule has 1 saturated heterocycles. The Morgan fingerprint density at radius 3 is 2.52 bits per heavy atom. The lowest BCUT2D eigenvalue weighted by Crippen LogP contribution is -2.39. The summed E-state index contributed by atoms with van der Waals surface area (Å²) in [4.78, 5) is 17.0. The van der Waals surface area contributed by atoms with Crippen LogP contribution in [-0.4, -0.2) is 49.6 Å². The number of amides is 1. The molecule has 3 fully saturated rings. The minimum atomic E-state index is 0.306. The number of benzene rings is 1. The number of piperidine rings is 1. The van der Waals surface area contributed by atoms with Crippen molar-refractivity contribution in [3.05, 3.63) is 40.4 Å². The SMILES string of the molecule is O=C(C1CC1)N1CCC(c2nnc3n2-c2ccc(Cl)cc2CN(C2CC2)C3)CC1. The van der Waals surface area contributed by atoms with Crippen LogP contribution in [0, 0.1) is 5.92 Å². The summed E-state index contributed by atoms with van der Waals surface area (Å²) in [6.45, 7) is 3.43. The number of carbonyl (C=O) groups is 1. The highest BCUT2D eigenvalue weighted by Crippen LogP contribution is 2.38. The molecule has 0 radical (unpaired) electrons. The summed E-state index contributed by atoms with van der Waals surface area (Å²) in [5.41, 5.74) is 2.43. The number of rotatable bonds is 3. The number of aromatic nitrogens is 3. The van der Waals surface area contributed by atoms with Gasteiger partial charge in [-0.05, 0) is 62.3 Å². The van der Waals surface area contributed by atoms with Gasteiger partial charge in [0.1, 0.15) is 5.82 Å². The van der Waals surface area contributed by atoms with E-state index in [1.807, 2.05) is 6.07 Å². The number of nitrogens with zero attached hydrogens (tertiary/aromatic N) is 5. The predicted molar refractivity (Wildman–Crippen MR) is 110 cm³/mol. The van der Waals surface area contributed by atoms with Crippen molar-refractivity contribution >= 4 is 17.5 Å². The van der Waals surface area contributed by atoms with Crippen LogP contribution < -0.4 is 0 Å². The zero-order valence-electron chi connectivity index (χ0n) is 16.6. The molecule has 4 aliphatic rings. The molecule has 0 atom stereocenters. The largest absolute Gasteiger partial charge is 0.342 e. The van der Waals surface area contributed by atoms with Crippen LogP contribution >= 0.6 is 11.6 Å². The summed E-state index contributed by atoms with van der Waals surface area (Å²) in [5, 5.41) is 10.1. The third-order valence-electron chi connectivity index (χ3n) is 6.92. The fourth-order valence-corrected chi connectivity index (χ4v) is 5.15. The monoisotopic (exact) mass is 411 g/mol. The quantitative estimate of drug-likeness (QED) is 0.775. The molecule has 1 amide bonds. The number of carbonyl (C=O) groups excluding carboxylic acids is 1. The third-order valence-corrected chi connectivity index (χ3v) is 7.15. The van der Waals surface area contributed by atoms with Gasteiger partial charge in [0.05, 0.1) is 12.2 Å². The topological polar surface area (TPSA) is 54.3 Å². The van der Waals surface area contributed by atoms with E-state index < -0.39 is 0 Å². The van der Waals surface area contributed by atoms with E-state index in [4.69, 9.17) is 11.6 Å². The Kier molecular flexibility index (Phi) is 4.20. The summed E-state index contributed by atoms with van der Waals surface area (Å²) in [6.07, 6.45) is 6.62. The van der Waals surface area contributed by atoms with Crippen molar-refractivity contribution in [3.8, 4) is 5.69 Å². The first-order valence-corrected chi connectivity index (χ1v) is 11.3. The van der Waals surface area contributed by atoms with Crippen molar-refractivity contribution in [1.82, 2.24) is 24.6 Å². The highest BCUT2D eigenvalue weighted by molar-refractivity contribution is 6.30. The standard InChI is InChI=1S/C22H26ClN5O/c23-17-3-6-19-16(11-17)12-27(18-4-5-18)13-20-24-25-21(28(19)20)14-7-9-26(10-8-14)22(29)15-1-2-15/h3,6,11,14-15,18H,1-2,4-5,7-10,12-13H2. The lowest BCUT2D eigenvalue weighted by atomic mass is 9.95. The first-order valence-electron chi connectivity index (χ1n) is 10.9.